The average Bonchev–Trinajstić information content (AvgIpc) is 3.10. The summed E-state index contributed by atoms with van der Waals surface area (Å²) in [4.78, 5) is 26.0. The van der Waals surface area contributed by atoms with Gasteiger partial charge in [-0.25, -0.2) is 0 Å². The Balaban J connectivity index is 1.90. The number of aromatic amines is 1. The highest BCUT2D eigenvalue weighted by Crippen LogP contribution is 2.22. The summed E-state index contributed by atoms with van der Waals surface area (Å²) < 4.78 is 0. The first kappa shape index (κ1) is 14.8. The second-order valence-corrected chi connectivity index (χ2v) is 5.17. The van der Waals surface area contributed by atoms with Crippen molar-refractivity contribution < 1.29 is 9.59 Å². The third-order valence-electron chi connectivity index (χ3n) is 3.62. The first-order valence-corrected chi connectivity index (χ1v) is 7.33. The molecule has 0 aliphatic heterocycles. The van der Waals surface area contributed by atoms with Crippen LogP contribution in [0.25, 0.3) is 0 Å². The Labute approximate surface area is 134 Å². The van der Waals surface area contributed by atoms with Crippen LogP contribution in [-0.4, -0.2) is 17.2 Å². The lowest BCUT2D eigenvalue weighted by Crippen LogP contribution is -2.29. The smallest absolute Gasteiger partial charge is 0.268 e. The molecule has 114 valence electrons. The minimum atomic E-state index is -0.257. The van der Waals surface area contributed by atoms with E-state index in [4.69, 9.17) is 0 Å². The number of carbonyl (C=O) groups excluding carboxylic acids is 2. The van der Waals surface area contributed by atoms with Gasteiger partial charge in [0.05, 0.1) is 11.7 Å². The van der Waals surface area contributed by atoms with Crippen molar-refractivity contribution in [2.24, 2.45) is 0 Å². The quantitative estimate of drug-likeness (QED) is 0.710. The Kier molecular flexibility index (Phi) is 4.34. The summed E-state index contributed by atoms with van der Waals surface area (Å²) in [5.41, 5.74) is 2.73. The summed E-state index contributed by atoms with van der Waals surface area (Å²) in [6.45, 7) is 0. The molecule has 1 amide bonds. The van der Waals surface area contributed by atoms with Crippen LogP contribution in [0.1, 0.15) is 38.1 Å². The zero-order chi connectivity index (χ0) is 16.1. The molecule has 0 radical (unpaired) electrons. The summed E-state index contributed by atoms with van der Waals surface area (Å²) in [5.74, 6) is -0.254. The van der Waals surface area contributed by atoms with Gasteiger partial charge in [0.15, 0.2) is 6.29 Å². The molecule has 0 unspecified atom stereocenters. The van der Waals surface area contributed by atoms with E-state index in [0.717, 1.165) is 11.1 Å². The number of hydrogen-bond donors (Lipinski definition) is 2. The van der Waals surface area contributed by atoms with Crippen LogP contribution in [-0.2, 0) is 0 Å². The molecule has 3 aromatic rings. The van der Waals surface area contributed by atoms with Crippen molar-refractivity contribution in [2.75, 3.05) is 0 Å². The molecule has 23 heavy (non-hydrogen) atoms. The Bertz CT molecular complexity index is 755. The number of nitrogens with one attached hydrogen (secondary N) is 2. The summed E-state index contributed by atoms with van der Waals surface area (Å²) >= 11 is 0. The molecule has 4 heteroatoms. The molecule has 2 aromatic carbocycles. The molecule has 3 rings (SSSR count). The highest BCUT2D eigenvalue weighted by Gasteiger charge is 2.18. The van der Waals surface area contributed by atoms with E-state index in [2.05, 4.69) is 10.3 Å². The van der Waals surface area contributed by atoms with Crippen LogP contribution in [0.4, 0.5) is 0 Å². The Morgan fingerprint density at radius 2 is 1.43 bits per heavy atom. The number of hydrogen-bond acceptors (Lipinski definition) is 2. The third kappa shape index (κ3) is 3.37. The van der Waals surface area contributed by atoms with Crippen LogP contribution in [0.2, 0.25) is 0 Å². The van der Waals surface area contributed by atoms with Crippen molar-refractivity contribution in [1.82, 2.24) is 10.3 Å². The van der Waals surface area contributed by atoms with Gasteiger partial charge in [-0.2, -0.15) is 0 Å². The molecular formula is C19H16N2O2. The fraction of sp³-hybridized carbons (Fsp3) is 0.0526. The Morgan fingerprint density at radius 1 is 0.870 bits per heavy atom. The number of benzene rings is 2. The van der Waals surface area contributed by atoms with Crippen LogP contribution >= 0.6 is 0 Å². The van der Waals surface area contributed by atoms with Gasteiger partial charge in [-0.3, -0.25) is 9.59 Å². The van der Waals surface area contributed by atoms with Gasteiger partial charge in [-0.15, -0.1) is 0 Å². The highest BCUT2D eigenvalue weighted by atomic mass is 16.2. The lowest BCUT2D eigenvalue weighted by Gasteiger charge is -2.19. The molecule has 0 fully saturated rings. The monoisotopic (exact) mass is 304 g/mol. The first-order valence-electron chi connectivity index (χ1n) is 7.33. The standard InChI is InChI=1S/C19H16N2O2/c22-13-16-11-12-17(20-16)19(23)21-18(14-7-3-1-4-8-14)15-9-5-2-6-10-15/h1-13,18,20H,(H,21,23). The lowest BCUT2D eigenvalue weighted by atomic mass is 9.98. The Hall–Kier alpha value is -3.14. The number of rotatable bonds is 5. The summed E-state index contributed by atoms with van der Waals surface area (Å²) in [6, 6.07) is 22.5. The van der Waals surface area contributed by atoms with Crippen LogP contribution in [0.15, 0.2) is 72.8 Å². The number of aromatic nitrogens is 1. The second kappa shape index (κ2) is 6.75. The molecule has 1 heterocycles. The molecule has 0 aliphatic rings. The van der Waals surface area contributed by atoms with Crippen molar-refractivity contribution >= 4 is 12.2 Å². The van der Waals surface area contributed by atoms with E-state index in [1.54, 1.807) is 12.1 Å². The molecule has 2 N–H and O–H groups in total. The molecule has 0 saturated carbocycles. The summed E-state index contributed by atoms with van der Waals surface area (Å²) in [6.07, 6.45) is 0.683. The van der Waals surface area contributed by atoms with Crippen molar-refractivity contribution in [1.29, 1.82) is 0 Å². The Morgan fingerprint density at radius 3 is 1.91 bits per heavy atom. The van der Waals surface area contributed by atoms with Crippen molar-refractivity contribution in [2.45, 2.75) is 6.04 Å². The fourth-order valence-electron chi connectivity index (χ4n) is 2.47. The summed E-state index contributed by atoms with van der Waals surface area (Å²) in [7, 11) is 0. The summed E-state index contributed by atoms with van der Waals surface area (Å²) in [5, 5.41) is 3.02. The topological polar surface area (TPSA) is 62.0 Å². The van der Waals surface area contributed by atoms with Gasteiger partial charge >= 0.3 is 0 Å². The van der Waals surface area contributed by atoms with Crippen LogP contribution in [0.3, 0.4) is 0 Å². The van der Waals surface area contributed by atoms with E-state index in [-0.39, 0.29) is 11.9 Å². The van der Waals surface area contributed by atoms with Gasteiger partial charge in [0.2, 0.25) is 0 Å². The molecule has 4 nitrogen and oxygen atoms in total. The van der Waals surface area contributed by atoms with Gasteiger partial charge < -0.3 is 10.3 Å². The van der Waals surface area contributed by atoms with Crippen molar-refractivity contribution in [3.63, 3.8) is 0 Å². The van der Waals surface area contributed by atoms with Crippen molar-refractivity contribution in [3.8, 4) is 0 Å². The van der Waals surface area contributed by atoms with Crippen molar-refractivity contribution in [3.05, 3.63) is 95.3 Å². The fourth-order valence-corrected chi connectivity index (χ4v) is 2.47. The minimum absolute atomic E-state index is 0.254. The maximum Gasteiger partial charge on any atom is 0.268 e. The van der Waals surface area contributed by atoms with E-state index in [0.29, 0.717) is 17.7 Å². The first-order chi connectivity index (χ1) is 11.3. The molecule has 1 aromatic heterocycles. The molecule has 0 aliphatic carbocycles. The van der Waals surface area contributed by atoms with Gasteiger partial charge in [0.1, 0.15) is 5.69 Å². The highest BCUT2D eigenvalue weighted by molar-refractivity contribution is 5.94. The third-order valence-corrected chi connectivity index (χ3v) is 3.62. The van der Waals surface area contributed by atoms with E-state index < -0.39 is 0 Å². The van der Waals surface area contributed by atoms with E-state index in [1.165, 1.54) is 0 Å². The zero-order valence-electron chi connectivity index (χ0n) is 12.4. The normalized spacial score (nSPS) is 10.5. The SMILES string of the molecule is O=Cc1ccc(C(=O)NC(c2ccccc2)c2ccccc2)[nH]1. The minimum Gasteiger partial charge on any atom is -0.348 e. The zero-order valence-corrected chi connectivity index (χ0v) is 12.4. The second-order valence-electron chi connectivity index (χ2n) is 5.17. The van der Waals surface area contributed by atoms with E-state index >= 15 is 0 Å². The van der Waals surface area contributed by atoms with Crippen LogP contribution < -0.4 is 5.32 Å². The molecule has 0 spiro atoms. The van der Waals surface area contributed by atoms with Crippen LogP contribution in [0, 0.1) is 0 Å². The van der Waals surface area contributed by atoms with Gasteiger partial charge in [-0.05, 0) is 23.3 Å². The number of carbonyl (C=O) groups is 2. The van der Waals surface area contributed by atoms with Gasteiger partial charge in [-0.1, -0.05) is 60.7 Å². The van der Waals surface area contributed by atoms with E-state index in [1.807, 2.05) is 60.7 Å². The maximum absolute atomic E-state index is 12.5. The lowest BCUT2D eigenvalue weighted by molar-refractivity contribution is 0.0938. The molecule has 0 atom stereocenters. The number of amides is 1. The molecular weight excluding hydrogens is 288 g/mol. The van der Waals surface area contributed by atoms with Gasteiger partial charge in [0.25, 0.3) is 5.91 Å². The number of H-pyrrole nitrogens is 1. The number of aldehydes is 1. The largest absolute Gasteiger partial charge is 0.348 e. The predicted molar refractivity (Wildman–Crippen MR) is 88.4 cm³/mol. The maximum atomic E-state index is 12.5. The van der Waals surface area contributed by atoms with Gasteiger partial charge in [0, 0.05) is 0 Å². The molecule has 0 saturated heterocycles. The van der Waals surface area contributed by atoms with E-state index in [9.17, 15) is 9.59 Å². The molecule has 0 bridgehead atoms. The van der Waals surface area contributed by atoms with Crippen LogP contribution in [0.5, 0.6) is 0 Å². The predicted octanol–water partition coefficient (Wildman–Crippen LogP) is 3.35. The average molecular weight is 304 g/mol.